The van der Waals surface area contributed by atoms with Crippen LogP contribution in [-0.2, 0) is 7.05 Å². The standard InChI is InChI=1S/C15H22N2O/c1-3-4-5-6-11-14(18)15-12-9-7-8-10-13(12)17(2)16-15/h7-10,14,18H,3-6,11H2,1-2H3. The molecule has 1 atom stereocenters. The quantitative estimate of drug-likeness (QED) is 0.791. The molecule has 0 saturated heterocycles. The van der Waals surface area contributed by atoms with Gasteiger partial charge in [0.25, 0.3) is 0 Å². The van der Waals surface area contributed by atoms with Crippen molar-refractivity contribution in [2.75, 3.05) is 0 Å². The molecule has 18 heavy (non-hydrogen) atoms. The van der Waals surface area contributed by atoms with E-state index in [1.54, 1.807) is 0 Å². The van der Waals surface area contributed by atoms with Crippen LogP contribution in [0, 0.1) is 0 Å². The van der Waals surface area contributed by atoms with Crippen molar-refractivity contribution in [3.63, 3.8) is 0 Å². The maximum atomic E-state index is 10.3. The summed E-state index contributed by atoms with van der Waals surface area (Å²) >= 11 is 0. The second-order valence-electron chi connectivity index (χ2n) is 4.89. The summed E-state index contributed by atoms with van der Waals surface area (Å²) in [5.41, 5.74) is 1.91. The molecule has 98 valence electrons. The average molecular weight is 246 g/mol. The van der Waals surface area contributed by atoms with Crippen molar-refractivity contribution in [2.24, 2.45) is 7.05 Å². The molecule has 0 bridgehead atoms. The summed E-state index contributed by atoms with van der Waals surface area (Å²) in [5.74, 6) is 0. The summed E-state index contributed by atoms with van der Waals surface area (Å²) in [4.78, 5) is 0. The lowest BCUT2D eigenvalue weighted by Crippen LogP contribution is -2.00. The van der Waals surface area contributed by atoms with Gasteiger partial charge in [-0.3, -0.25) is 4.68 Å². The van der Waals surface area contributed by atoms with Gasteiger partial charge in [0.15, 0.2) is 0 Å². The van der Waals surface area contributed by atoms with Crippen molar-refractivity contribution in [3.05, 3.63) is 30.0 Å². The van der Waals surface area contributed by atoms with E-state index in [0.29, 0.717) is 0 Å². The first-order valence-corrected chi connectivity index (χ1v) is 6.83. The molecule has 2 rings (SSSR count). The number of para-hydroxylation sites is 1. The second-order valence-corrected chi connectivity index (χ2v) is 4.89. The first-order chi connectivity index (χ1) is 8.74. The molecule has 1 aromatic heterocycles. The number of benzene rings is 1. The maximum Gasteiger partial charge on any atom is 0.0988 e. The number of unbranched alkanes of at least 4 members (excludes halogenated alkanes) is 3. The van der Waals surface area contributed by atoms with Crippen LogP contribution in [0.15, 0.2) is 24.3 Å². The Hall–Kier alpha value is -1.35. The van der Waals surface area contributed by atoms with E-state index in [2.05, 4.69) is 12.0 Å². The second kappa shape index (κ2) is 6.01. The lowest BCUT2D eigenvalue weighted by Gasteiger charge is -2.07. The zero-order valence-corrected chi connectivity index (χ0v) is 11.3. The predicted octanol–water partition coefficient (Wildman–Crippen LogP) is 3.58. The first kappa shape index (κ1) is 13.1. The van der Waals surface area contributed by atoms with Crippen LogP contribution >= 0.6 is 0 Å². The summed E-state index contributed by atoms with van der Waals surface area (Å²) in [7, 11) is 1.93. The summed E-state index contributed by atoms with van der Waals surface area (Å²) < 4.78 is 1.85. The number of aryl methyl sites for hydroxylation is 1. The number of hydrogen-bond donors (Lipinski definition) is 1. The van der Waals surface area contributed by atoms with Crippen LogP contribution in [0.1, 0.15) is 50.8 Å². The van der Waals surface area contributed by atoms with Crippen LogP contribution in [-0.4, -0.2) is 14.9 Å². The third-order valence-electron chi connectivity index (χ3n) is 3.43. The molecule has 3 heteroatoms. The monoisotopic (exact) mass is 246 g/mol. The first-order valence-electron chi connectivity index (χ1n) is 6.83. The molecule has 1 aromatic carbocycles. The summed E-state index contributed by atoms with van der Waals surface area (Å²) in [6.45, 7) is 2.20. The highest BCUT2D eigenvalue weighted by Crippen LogP contribution is 2.26. The van der Waals surface area contributed by atoms with E-state index in [1.807, 2.05) is 36.0 Å². The van der Waals surface area contributed by atoms with Crippen LogP contribution in [0.2, 0.25) is 0 Å². The lowest BCUT2D eigenvalue weighted by molar-refractivity contribution is 0.159. The maximum absolute atomic E-state index is 10.3. The highest BCUT2D eigenvalue weighted by molar-refractivity contribution is 5.82. The van der Waals surface area contributed by atoms with Crippen LogP contribution in [0.4, 0.5) is 0 Å². The van der Waals surface area contributed by atoms with Gasteiger partial charge in [-0.2, -0.15) is 5.10 Å². The largest absolute Gasteiger partial charge is 0.387 e. The molecule has 0 amide bonds. The van der Waals surface area contributed by atoms with Gasteiger partial charge in [0.1, 0.15) is 0 Å². The summed E-state index contributed by atoms with van der Waals surface area (Å²) in [6, 6.07) is 8.07. The Labute approximate surface area is 108 Å². The van der Waals surface area contributed by atoms with Crippen molar-refractivity contribution in [2.45, 2.75) is 45.1 Å². The van der Waals surface area contributed by atoms with Crippen molar-refractivity contribution >= 4 is 10.9 Å². The minimum Gasteiger partial charge on any atom is -0.387 e. The molecule has 2 aromatic rings. The van der Waals surface area contributed by atoms with Gasteiger partial charge in [0.2, 0.25) is 0 Å². The zero-order chi connectivity index (χ0) is 13.0. The molecule has 0 saturated carbocycles. The number of nitrogens with zero attached hydrogens (tertiary/aromatic N) is 2. The van der Waals surface area contributed by atoms with E-state index < -0.39 is 6.10 Å². The fourth-order valence-electron chi connectivity index (χ4n) is 2.39. The number of aliphatic hydroxyl groups is 1. The van der Waals surface area contributed by atoms with Crippen LogP contribution in [0.25, 0.3) is 10.9 Å². The Bertz CT molecular complexity index is 504. The van der Waals surface area contributed by atoms with Gasteiger partial charge in [-0.25, -0.2) is 0 Å². The molecule has 1 heterocycles. The Morgan fingerprint density at radius 3 is 2.78 bits per heavy atom. The van der Waals surface area contributed by atoms with E-state index >= 15 is 0 Å². The van der Waals surface area contributed by atoms with Crippen molar-refractivity contribution in [3.8, 4) is 0 Å². The van der Waals surface area contributed by atoms with Gasteiger partial charge in [0, 0.05) is 12.4 Å². The van der Waals surface area contributed by atoms with E-state index in [1.165, 1.54) is 19.3 Å². The Balaban J connectivity index is 2.10. The topological polar surface area (TPSA) is 38.1 Å². The lowest BCUT2D eigenvalue weighted by atomic mass is 10.0. The Kier molecular flexibility index (Phi) is 4.37. The molecule has 3 nitrogen and oxygen atoms in total. The molecule has 0 aliphatic carbocycles. The van der Waals surface area contributed by atoms with Gasteiger partial charge in [0.05, 0.1) is 17.3 Å². The summed E-state index contributed by atoms with van der Waals surface area (Å²) in [6.07, 6.45) is 5.10. The molecule has 0 fully saturated rings. The number of aliphatic hydroxyl groups excluding tert-OH is 1. The number of rotatable bonds is 6. The molecule has 0 radical (unpaired) electrons. The van der Waals surface area contributed by atoms with E-state index in [4.69, 9.17) is 0 Å². The van der Waals surface area contributed by atoms with Crippen LogP contribution < -0.4 is 0 Å². The van der Waals surface area contributed by atoms with E-state index in [-0.39, 0.29) is 0 Å². The van der Waals surface area contributed by atoms with Crippen molar-refractivity contribution in [1.82, 2.24) is 9.78 Å². The van der Waals surface area contributed by atoms with Gasteiger partial charge in [-0.05, 0) is 12.5 Å². The third-order valence-corrected chi connectivity index (χ3v) is 3.43. The van der Waals surface area contributed by atoms with Gasteiger partial charge < -0.3 is 5.11 Å². The molecule has 1 unspecified atom stereocenters. The zero-order valence-electron chi connectivity index (χ0n) is 11.3. The fourth-order valence-corrected chi connectivity index (χ4v) is 2.39. The molecular weight excluding hydrogens is 224 g/mol. The average Bonchev–Trinajstić information content (AvgIpc) is 2.73. The molecule has 0 aliphatic heterocycles. The molecule has 0 spiro atoms. The van der Waals surface area contributed by atoms with Crippen molar-refractivity contribution < 1.29 is 5.11 Å². The smallest absolute Gasteiger partial charge is 0.0988 e. The highest BCUT2D eigenvalue weighted by Gasteiger charge is 2.15. The minimum atomic E-state index is -0.437. The Morgan fingerprint density at radius 1 is 1.22 bits per heavy atom. The molecular formula is C15H22N2O. The van der Waals surface area contributed by atoms with Crippen LogP contribution in [0.3, 0.4) is 0 Å². The van der Waals surface area contributed by atoms with Crippen LogP contribution in [0.5, 0.6) is 0 Å². The van der Waals surface area contributed by atoms with Gasteiger partial charge in [-0.1, -0.05) is 50.8 Å². The fraction of sp³-hybridized carbons (Fsp3) is 0.533. The van der Waals surface area contributed by atoms with Gasteiger partial charge in [-0.15, -0.1) is 0 Å². The molecule has 1 N–H and O–H groups in total. The molecule has 0 aliphatic rings. The predicted molar refractivity (Wildman–Crippen MR) is 74.4 cm³/mol. The minimum absolute atomic E-state index is 0.437. The van der Waals surface area contributed by atoms with Crippen molar-refractivity contribution in [1.29, 1.82) is 0 Å². The third kappa shape index (κ3) is 2.72. The van der Waals surface area contributed by atoms with E-state index in [9.17, 15) is 5.11 Å². The number of aromatic nitrogens is 2. The Morgan fingerprint density at radius 2 is 2.00 bits per heavy atom. The highest BCUT2D eigenvalue weighted by atomic mass is 16.3. The van der Waals surface area contributed by atoms with E-state index in [0.717, 1.165) is 29.4 Å². The number of hydrogen-bond acceptors (Lipinski definition) is 2. The SMILES string of the molecule is CCCCCCC(O)c1nn(C)c2ccccc12. The summed E-state index contributed by atoms with van der Waals surface area (Å²) in [5, 5.41) is 15.8. The number of fused-ring (bicyclic) bond motifs is 1. The van der Waals surface area contributed by atoms with Gasteiger partial charge >= 0.3 is 0 Å². The normalized spacial score (nSPS) is 13.1.